The van der Waals surface area contributed by atoms with E-state index in [1.807, 2.05) is 0 Å². The van der Waals surface area contributed by atoms with Crippen LogP contribution in [-0.4, -0.2) is 39.8 Å². The number of ether oxygens (including phenoxy) is 2. The highest BCUT2D eigenvalue weighted by Crippen LogP contribution is 2.25. The fourth-order valence-electron chi connectivity index (χ4n) is 1.16. The number of rotatable bonds is 4. The average molecular weight is 236 g/mol. The first kappa shape index (κ1) is 12.6. The molecule has 0 bridgehead atoms. The van der Waals surface area contributed by atoms with Gasteiger partial charge in [0.1, 0.15) is 6.10 Å². The second-order valence-electron chi connectivity index (χ2n) is 3.94. The third kappa shape index (κ3) is 4.29. The maximum Gasteiger partial charge on any atom is 0.264 e. The van der Waals surface area contributed by atoms with Gasteiger partial charge < -0.3 is 9.47 Å². The fraction of sp³-hybridized carbons (Fsp3) is 0.778. The van der Waals surface area contributed by atoms with Gasteiger partial charge in [0.25, 0.3) is 10.1 Å². The SMILES string of the molecule is C=C(COS(C)(=O)=O)[C@@H]1COC(C)(C)O1. The van der Waals surface area contributed by atoms with E-state index < -0.39 is 15.9 Å². The van der Waals surface area contributed by atoms with Crippen molar-refractivity contribution in [1.29, 1.82) is 0 Å². The van der Waals surface area contributed by atoms with Gasteiger partial charge in [-0.3, -0.25) is 4.18 Å². The summed E-state index contributed by atoms with van der Waals surface area (Å²) >= 11 is 0. The molecular weight excluding hydrogens is 220 g/mol. The topological polar surface area (TPSA) is 61.8 Å². The molecule has 5 nitrogen and oxygen atoms in total. The van der Waals surface area contributed by atoms with Crippen LogP contribution in [0.5, 0.6) is 0 Å². The zero-order chi connectivity index (χ0) is 11.7. The molecule has 0 aliphatic carbocycles. The summed E-state index contributed by atoms with van der Waals surface area (Å²) in [7, 11) is -3.43. The minimum Gasteiger partial charge on any atom is -0.347 e. The molecule has 1 fully saturated rings. The Labute approximate surface area is 90.1 Å². The Morgan fingerprint density at radius 3 is 2.60 bits per heavy atom. The van der Waals surface area contributed by atoms with E-state index in [4.69, 9.17) is 9.47 Å². The fourth-order valence-corrected chi connectivity index (χ4v) is 1.53. The van der Waals surface area contributed by atoms with Crippen LogP contribution in [0, 0.1) is 0 Å². The van der Waals surface area contributed by atoms with Gasteiger partial charge in [-0.2, -0.15) is 8.42 Å². The molecule has 0 aromatic carbocycles. The first-order valence-electron chi connectivity index (χ1n) is 4.53. The molecule has 0 aromatic heterocycles. The molecular formula is C9H16O5S. The van der Waals surface area contributed by atoms with Crippen molar-refractivity contribution in [1.82, 2.24) is 0 Å². The molecule has 6 heteroatoms. The molecule has 0 amide bonds. The second kappa shape index (κ2) is 4.21. The number of hydrogen-bond acceptors (Lipinski definition) is 5. The standard InChI is InChI=1S/C9H16O5S/c1-7(5-13-15(4,10)11)8-6-12-9(2,3)14-8/h8H,1,5-6H2,2-4H3/t8-/m0/s1. The van der Waals surface area contributed by atoms with Gasteiger partial charge in [-0.15, -0.1) is 0 Å². The van der Waals surface area contributed by atoms with Crippen LogP contribution in [0.2, 0.25) is 0 Å². The van der Waals surface area contributed by atoms with Crippen molar-refractivity contribution in [2.45, 2.75) is 25.7 Å². The van der Waals surface area contributed by atoms with Crippen LogP contribution < -0.4 is 0 Å². The molecule has 1 saturated heterocycles. The van der Waals surface area contributed by atoms with Gasteiger partial charge in [-0.05, 0) is 19.4 Å². The van der Waals surface area contributed by atoms with E-state index in [1.165, 1.54) is 0 Å². The van der Waals surface area contributed by atoms with Crippen LogP contribution in [0.3, 0.4) is 0 Å². The van der Waals surface area contributed by atoms with E-state index in [-0.39, 0.29) is 12.7 Å². The van der Waals surface area contributed by atoms with E-state index in [0.29, 0.717) is 12.2 Å². The van der Waals surface area contributed by atoms with Gasteiger partial charge in [0.15, 0.2) is 5.79 Å². The molecule has 0 radical (unpaired) electrons. The Bertz CT molecular complexity index is 344. The molecule has 1 atom stereocenters. The Morgan fingerprint density at radius 1 is 1.60 bits per heavy atom. The van der Waals surface area contributed by atoms with E-state index >= 15 is 0 Å². The summed E-state index contributed by atoms with van der Waals surface area (Å²) in [4.78, 5) is 0. The lowest BCUT2D eigenvalue weighted by Gasteiger charge is -2.17. The normalized spacial score (nSPS) is 25.4. The van der Waals surface area contributed by atoms with Gasteiger partial charge in [0, 0.05) is 0 Å². The van der Waals surface area contributed by atoms with Crippen LogP contribution >= 0.6 is 0 Å². The van der Waals surface area contributed by atoms with Crippen molar-refractivity contribution >= 4 is 10.1 Å². The molecule has 0 aromatic rings. The Morgan fingerprint density at radius 2 is 2.20 bits per heavy atom. The second-order valence-corrected chi connectivity index (χ2v) is 5.59. The third-order valence-electron chi connectivity index (χ3n) is 1.92. The molecule has 1 rings (SSSR count). The molecule has 15 heavy (non-hydrogen) atoms. The minimum absolute atomic E-state index is 0.0665. The van der Waals surface area contributed by atoms with Crippen molar-refractivity contribution in [2.24, 2.45) is 0 Å². The molecule has 1 aliphatic rings. The lowest BCUT2D eigenvalue weighted by Crippen LogP contribution is -2.23. The summed E-state index contributed by atoms with van der Waals surface area (Å²) < 4.78 is 36.9. The third-order valence-corrected chi connectivity index (χ3v) is 2.47. The van der Waals surface area contributed by atoms with Crippen molar-refractivity contribution in [3.05, 3.63) is 12.2 Å². The average Bonchev–Trinajstić information content (AvgIpc) is 2.40. The maximum absolute atomic E-state index is 10.7. The quantitative estimate of drug-likeness (QED) is 0.530. The summed E-state index contributed by atoms with van der Waals surface area (Å²) in [6, 6.07) is 0. The van der Waals surface area contributed by atoms with Crippen molar-refractivity contribution < 1.29 is 22.1 Å². The van der Waals surface area contributed by atoms with Gasteiger partial charge in [-0.25, -0.2) is 0 Å². The van der Waals surface area contributed by atoms with Crippen LogP contribution in [0.15, 0.2) is 12.2 Å². The summed E-state index contributed by atoms with van der Waals surface area (Å²) in [6.45, 7) is 7.60. The van der Waals surface area contributed by atoms with Crippen LogP contribution in [0.25, 0.3) is 0 Å². The molecule has 0 saturated carbocycles. The zero-order valence-corrected chi connectivity index (χ0v) is 9.96. The lowest BCUT2D eigenvalue weighted by atomic mass is 10.2. The Balaban J connectivity index is 2.43. The maximum atomic E-state index is 10.7. The van der Waals surface area contributed by atoms with Crippen LogP contribution in [0.4, 0.5) is 0 Å². The molecule has 0 N–H and O–H groups in total. The van der Waals surface area contributed by atoms with Crippen molar-refractivity contribution in [3.8, 4) is 0 Å². The van der Waals surface area contributed by atoms with E-state index in [0.717, 1.165) is 6.26 Å². The van der Waals surface area contributed by atoms with Gasteiger partial charge in [0.2, 0.25) is 0 Å². The highest BCUT2D eigenvalue weighted by atomic mass is 32.2. The van der Waals surface area contributed by atoms with Crippen molar-refractivity contribution in [2.75, 3.05) is 19.5 Å². The van der Waals surface area contributed by atoms with E-state index in [9.17, 15) is 8.42 Å². The molecule has 88 valence electrons. The largest absolute Gasteiger partial charge is 0.347 e. The molecule has 0 spiro atoms. The smallest absolute Gasteiger partial charge is 0.264 e. The Kier molecular flexibility index (Phi) is 3.55. The van der Waals surface area contributed by atoms with Crippen LogP contribution in [-0.2, 0) is 23.8 Å². The summed E-state index contributed by atoms with van der Waals surface area (Å²) in [5.41, 5.74) is 0.561. The summed E-state index contributed by atoms with van der Waals surface area (Å²) in [5, 5.41) is 0. The van der Waals surface area contributed by atoms with Crippen LogP contribution in [0.1, 0.15) is 13.8 Å². The van der Waals surface area contributed by atoms with Gasteiger partial charge >= 0.3 is 0 Å². The summed E-state index contributed by atoms with van der Waals surface area (Å²) in [6.07, 6.45) is 0.692. The predicted molar refractivity (Wildman–Crippen MR) is 54.8 cm³/mol. The first-order chi connectivity index (χ1) is 6.70. The van der Waals surface area contributed by atoms with E-state index in [2.05, 4.69) is 10.8 Å². The van der Waals surface area contributed by atoms with Gasteiger partial charge in [0.05, 0.1) is 19.5 Å². The zero-order valence-electron chi connectivity index (χ0n) is 9.15. The monoisotopic (exact) mass is 236 g/mol. The first-order valence-corrected chi connectivity index (χ1v) is 6.35. The molecule has 0 unspecified atom stereocenters. The highest BCUT2D eigenvalue weighted by molar-refractivity contribution is 7.85. The summed E-state index contributed by atoms with van der Waals surface area (Å²) in [5.74, 6) is -0.640. The number of hydrogen-bond donors (Lipinski definition) is 0. The predicted octanol–water partition coefficient (Wildman–Crippen LogP) is 0.670. The van der Waals surface area contributed by atoms with Crippen molar-refractivity contribution in [3.63, 3.8) is 0 Å². The lowest BCUT2D eigenvalue weighted by molar-refractivity contribution is -0.134. The highest BCUT2D eigenvalue weighted by Gasteiger charge is 2.34. The molecule has 1 heterocycles. The Hall–Kier alpha value is -0.430. The minimum atomic E-state index is -3.43. The van der Waals surface area contributed by atoms with Gasteiger partial charge in [-0.1, -0.05) is 6.58 Å². The van der Waals surface area contributed by atoms with E-state index in [1.54, 1.807) is 13.8 Å². The molecule has 1 aliphatic heterocycles.